The van der Waals surface area contributed by atoms with Crippen molar-refractivity contribution in [3.63, 3.8) is 0 Å². The highest BCUT2D eigenvalue weighted by Crippen LogP contribution is 2.15. The molecule has 0 bridgehead atoms. The average molecular weight is 271 g/mol. The predicted octanol–water partition coefficient (Wildman–Crippen LogP) is 1.45. The van der Waals surface area contributed by atoms with E-state index in [4.69, 9.17) is 4.74 Å². The van der Waals surface area contributed by atoms with Gasteiger partial charge in [-0.1, -0.05) is 6.07 Å². The molecule has 0 unspecified atom stereocenters. The summed E-state index contributed by atoms with van der Waals surface area (Å²) in [4.78, 5) is 11.7. The zero-order valence-corrected chi connectivity index (χ0v) is 11.5. The van der Waals surface area contributed by atoms with Crippen molar-refractivity contribution in [2.24, 2.45) is 0 Å². The second-order valence-corrected chi connectivity index (χ2v) is 6.22. The van der Waals surface area contributed by atoms with Gasteiger partial charge in [0.05, 0.1) is 11.0 Å². The van der Waals surface area contributed by atoms with Crippen molar-refractivity contribution >= 4 is 21.4 Å². The van der Waals surface area contributed by atoms with E-state index in [0.717, 1.165) is 6.26 Å². The first-order valence-electron chi connectivity index (χ1n) is 5.50. The van der Waals surface area contributed by atoms with Gasteiger partial charge in [-0.15, -0.1) is 0 Å². The standard InChI is InChI=1S/C12H17NO4S/c1-9(2)17-8-12(14)13-10-5-4-6-11(7-10)18(3,15)16/h4-7,9H,8H2,1-3H3,(H,13,14). The molecule has 1 aromatic rings. The Balaban J connectivity index is 2.71. The maximum Gasteiger partial charge on any atom is 0.250 e. The van der Waals surface area contributed by atoms with Gasteiger partial charge in [-0.25, -0.2) is 8.42 Å². The quantitative estimate of drug-likeness (QED) is 0.880. The van der Waals surface area contributed by atoms with Crippen molar-refractivity contribution in [1.29, 1.82) is 0 Å². The van der Waals surface area contributed by atoms with Crippen molar-refractivity contribution < 1.29 is 17.9 Å². The number of nitrogens with one attached hydrogen (secondary N) is 1. The molecule has 100 valence electrons. The Morgan fingerprint density at radius 3 is 2.61 bits per heavy atom. The minimum atomic E-state index is -3.27. The number of anilines is 1. The molecule has 0 saturated carbocycles. The molecule has 0 atom stereocenters. The van der Waals surface area contributed by atoms with Gasteiger partial charge < -0.3 is 10.1 Å². The third-order valence-corrected chi connectivity index (χ3v) is 3.20. The molecule has 18 heavy (non-hydrogen) atoms. The summed E-state index contributed by atoms with van der Waals surface area (Å²) >= 11 is 0. The van der Waals surface area contributed by atoms with E-state index in [1.54, 1.807) is 12.1 Å². The van der Waals surface area contributed by atoms with Crippen LogP contribution in [0.1, 0.15) is 13.8 Å². The summed E-state index contributed by atoms with van der Waals surface area (Å²) < 4.78 is 27.8. The molecule has 0 aliphatic heterocycles. The zero-order valence-electron chi connectivity index (χ0n) is 10.6. The zero-order chi connectivity index (χ0) is 13.8. The lowest BCUT2D eigenvalue weighted by Gasteiger charge is -2.09. The largest absolute Gasteiger partial charge is 0.369 e. The van der Waals surface area contributed by atoms with Crippen LogP contribution in [0.15, 0.2) is 29.2 Å². The Hall–Kier alpha value is -1.40. The van der Waals surface area contributed by atoms with Gasteiger partial charge >= 0.3 is 0 Å². The summed E-state index contributed by atoms with van der Waals surface area (Å²) in [6.45, 7) is 3.61. The molecule has 0 heterocycles. The highest BCUT2D eigenvalue weighted by molar-refractivity contribution is 7.90. The summed E-state index contributed by atoms with van der Waals surface area (Å²) in [7, 11) is -3.27. The lowest BCUT2D eigenvalue weighted by molar-refractivity contribution is -0.121. The van der Waals surface area contributed by atoms with E-state index in [9.17, 15) is 13.2 Å². The molecule has 0 aliphatic carbocycles. The summed E-state index contributed by atoms with van der Waals surface area (Å²) in [6, 6.07) is 6.11. The van der Waals surface area contributed by atoms with Gasteiger partial charge in [0.25, 0.3) is 0 Å². The number of ether oxygens (including phenoxy) is 1. The van der Waals surface area contributed by atoms with Gasteiger partial charge in [0.2, 0.25) is 5.91 Å². The third-order valence-electron chi connectivity index (χ3n) is 2.09. The van der Waals surface area contributed by atoms with Crippen molar-refractivity contribution in [1.82, 2.24) is 0 Å². The van der Waals surface area contributed by atoms with Gasteiger partial charge in [0, 0.05) is 11.9 Å². The molecule has 0 radical (unpaired) electrons. The number of carbonyl (C=O) groups excluding carboxylic acids is 1. The van der Waals surface area contributed by atoms with Crippen molar-refractivity contribution in [3.05, 3.63) is 24.3 Å². The lowest BCUT2D eigenvalue weighted by Crippen LogP contribution is -2.20. The van der Waals surface area contributed by atoms with Crippen LogP contribution in [0.2, 0.25) is 0 Å². The summed E-state index contributed by atoms with van der Waals surface area (Å²) in [6.07, 6.45) is 1.09. The molecule has 0 saturated heterocycles. The fraction of sp³-hybridized carbons (Fsp3) is 0.417. The first-order valence-corrected chi connectivity index (χ1v) is 7.40. The molecule has 6 heteroatoms. The first-order chi connectivity index (χ1) is 8.29. The van der Waals surface area contributed by atoms with Crippen LogP contribution < -0.4 is 5.32 Å². The molecule has 0 aliphatic rings. The van der Waals surface area contributed by atoms with Crippen LogP contribution >= 0.6 is 0 Å². The molecule has 1 amide bonds. The normalized spacial score (nSPS) is 11.6. The van der Waals surface area contributed by atoms with Crippen LogP contribution in [0.25, 0.3) is 0 Å². The molecule has 0 spiro atoms. The van der Waals surface area contributed by atoms with Crippen LogP contribution in [-0.2, 0) is 19.4 Å². The summed E-state index contributed by atoms with van der Waals surface area (Å²) in [5.41, 5.74) is 0.440. The minimum absolute atomic E-state index is 0.0295. The number of hydrogen-bond acceptors (Lipinski definition) is 4. The highest BCUT2D eigenvalue weighted by atomic mass is 32.2. The molecule has 0 aromatic heterocycles. The van der Waals surface area contributed by atoms with E-state index >= 15 is 0 Å². The van der Waals surface area contributed by atoms with Gasteiger partial charge in [0.15, 0.2) is 9.84 Å². The molecule has 1 N–H and O–H groups in total. The third kappa shape index (κ3) is 4.85. The van der Waals surface area contributed by atoms with Crippen molar-refractivity contribution in [3.8, 4) is 0 Å². The van der Waals surface area contributed by atoms with Gasteiger partial charge in [-0.05, 0) is 32.0 Å². The molecule has 0 fully saturated rings. The number of rotatable bonds is 5. The molecular formula is C12H17NO4S. The monoisotopic (exact) mass is 271 g/mol. The Bertz CT molecular complexity index is 523. The Kier molecular flexibility index (Phi) is 4.86. The fourth-order valence-electron chi connectivity index (χ4n) is 1.24. The Morgan fingerprint density at radius 2 is 2.06 bits per heavy atom. The maximum absolute atomic E-state index is 11.5. The van der Waals surface area contributed by atoms with E-state index in [2.05, 4.69) is 5.32 Å². The molecule has 1 rings (SSSR count). The average Bonchev–Trinajstić information content (AvgIpc) is 2.25. The number of hydrogen-bond donors (Lipinski definition) is 1. The second-order valence-electron chi connectivity index (χ2n) is 4.21. The van der Waals surface area contributed by atoms with Crippen LogP contribution in [0.5, 0.6) is 0 Å². The van der Waals surface area contributed by atoms with E-state index in [1.165, 1.54) is 12.1 Å². The maximum atomic E-state index is 11.5. The first kappa shape index (κ1) is 14.7. The Labute approximate surface area is 107 Å². The molecular weight excluding hydrogens is 254 g/mol. The van der Waals surface area contributed by atoms with Gasteiger partial charge in [0.1, 0.15) is 6.61 Å². The lowest BCUT2D eigenvalue weighted by atomic mass is 10.3. The number of benzene rings is 1. The summed E-state index contributed by atoms with van der Waals surface area (Å²) in [5.74, 6) is -0.311. The van der Waals surface area contributed by atoms with Gasteiger partial charge in [-0.3, -0.25) is 4.79 Å². The van der Waals surface area contributed by atoms with Crippen LogP contribution in [0.4, 0.5) is 5.69 Å². The van der Waals surface area contributed by atoms with Crippen molar-refractivity contribution in [2.75, 3.05) is 18.2 Å². The summed E-state index contributed by atoms with van der Waals surface area (Å²) in [5, 5.41) is 2.58. The van der Waals surface area contributed by atoms with Crippen molar-refractivity contribution in [2.45, 2.75) is 24.8 Å². The van der Waals surface area contributed by atoms with E-state index in [0.29, 0.717) is 5.69 Å². The second kappa shape index (κ2) is 5.97. The van der Waals surface area contributed by atoms with E-state index < -0.39 is 9.84 Å². The highest BCUT2D eigenvalue weighted by Gasteiger charge is 2.09. The van der Waals surface area contributed by atoms with Crippen LogP contribution in [-0.4, -0.2) is 33.3 Å². The van der Waals surface area contributed by atoms with Gasteiger partial charge in [-0.2, -0.15) is 0 Å². The fourth-order valence-corrected chi connectivity index (χ4v) is 1.91. The number of sulfone groups is 1. The molecule has 1 aromatic carbocycles. The number of carbonyl (C=O) groups is 1. The van der Waals surface area contributed by atoms with E-state index in [-0.39, 0.29) is 23.5 Å². The topological polar surface area (TPSA) is 72.5 Å². The van der Waals surface area contributed by atoms with Crippen LogP contribution in [0, 0.1) is 0 Å². The predicted molar refractivity (Wildman–Crippen MR) is 69.3 cm³/mol. The molecule has 5 nitrogen and oxygen atoms in total. The minimum Gasteiger partial charge on any atom is -0.369 e. The smallest absolute Gasteiger partial charge is 0.250 e. The SMILES string of the molecule is CC(C)OCC(=O)Nc1cccc(S(C)(=O)=O)c1. The van der Waals surface area contributed by atoms with Crippen LogP contribution in [0.3, 0.4) is 0 Å². The Morgan fingerprint density at radius 1 is 1.39 bits per heavy atom. The van der Waals surface area contributed by atoms with E-state index in [1.807, 2.05) is 13.8 Å². The number of amides is 1.